The van der Waals surface area contributed by atoms with Gasteiger partial charge in [-0.3, -0.25) is 9.36 Å². The van der Waals surface area contributed by atoms with Gasteiger partial charge < -0.3 is 10.4 Å². The summed E-state index contributed by atoms with van der Waals surface area (Å²) in [6.07, 6.45) is -3.67. The van der Waals surface area contributed by atoms with Gasteiger partial charge in [-0.15, -0.1) is 10.2 Å². The molecule has 3 heterocycles. The highest BCUT2D eigenvalue weighted by Crippen LogP contribution is 2.24. The smallest absolute Gasteiger partial charge is 0.382 e. The van der Waals surface area contributed by atoms with E-state index in [2.05, 4.69) is 30.5 Å². The van der Waals surface area contributed by atoms with Crippen molar-refractivity contribution in [1.82, 2.24) is 39.1 Å². The summed E-state index contributed by atoms with van der Waals surface area (Å²) >= 11 is 5.92. The number of carbonyl (C=O) groups excluding carboxylic acids is 1. The number of alkyl halides is 3. The highest BCUT2D eigenvalue weighted by Gasteiger charge is 2.39. The second-order valence-electron chi connectivity index (χ2n) is 8.61. The molecule has 0 fully saturated rings. The average molecular weight is 586 g/mol. The van der Waals surface area contributed by atoms with Gasteiger partial charge in [0.1, 0.15) is 25.0 Å². The molecular formula is C25H19ClF3N9O3. The number of nitrogens with zero attached hydrogens (tertiary/aromatic N) is 8. The number of benzene rings is 2. The molecule has 2 aromatic carbocycles. The van der Waals surface area contributed by atoms with E-state index in [1.165, 1.54) is 53.9 Å². The van der Waals surface area contributed by atoms with Crippen molar-refractivity contribution in [3.05, 3.63) is 100 Å². The van der Waals surface area contributed by atoms with Crippen molar-refractivity contribution in [2.75, 3.05) is 5.32 Å². The van der Waals surface area contributed by atoms with Crippen molar-refractivity contribution in [2.45, 2.75) is 25.4 Å². The maximum Gasteiger partial charge on any atom is 0.416 e. The summed E-state index contributed by atoms with van der Waals surface area (Å²) in [4.78, 5) is 38.0. The normalized spacial score (nSPS) is 12.3. The van der Waals surface area contributed by atoms with Crippen LogP contribution in [0.15, 0.2) is 78.2 Å². The Labute approximate surface area is 233 Å². The fourth-order valence-corrected chi connectivity index (χ4v) is 3.96. The lowest BCUT2D eigenvalue weighted by Gasteiger charge is -2.15. The van der Waals surface area contributed by atoms with Gasteiger partial charge in [-0.05, 0) is 42.5 Å². The molecule has 0 aliphatic carbocycles. The molecule has 5 rings (SSSR count). The van der Waals surface area contributed by atoms with Crippen LogP contribution >= 0.6 is 11.6 Å². The molecule has 0 aliphatic heterocycles. The summed E-state index contributed by atoms with van der Waals surface area (Å²) in [5.74, 6) is -0.203. The first kappa shape index (κ1) is 27.7. The lowest BCUT2D eigenvalue weighted by atomic mass is 10.1. The van der Waals surface area contributed by atoms with Gasteiger partial charge in [-0.25, -0.2) is 29.1 Å². The van der Waals surface area contributed by atoms with E-state index in [0.717, 1.165) is 9.25 Å². The minimum atomic E-state index is -4.95. The first-order valence-electron chi connectivity index (χ1n) is 11.9. The van der Waals surface area contributed by atoms with Gasteiger partial charge in [-0.2, -0.15) is 13.2 Å². The number of carbonyl (C=O) groups is 1. The van der Waals surface area contributed by atoms with E-state index in [9.17, 15) is 27.9 Å². The van der Waals surface area contributed by atoms with Crippen molar-refractivity contribution in [3.8, 4) is 17.1 Å². The fourth-order valence-electron chi connectivity index (χ4n) is 3.83. The lowest BCUT2D eigenvalue weighted by molar-refractivity contribution is -0.207. The number of anilines is 1. The predicted octanol–water partition coefficient (Wildman–Crippen LogP) is 2.96. The Morgan fingerprint density at radius 2 is 1.80 bits per heavy atom. The number of nitrogens with one attached hydrogen (secondary N) is 1. The Kier molecular flexibility index (Phi) is 7.63. The van der Waals surface area contributed by atoms with Gasteiger partial charge in [0.05, 0.1) is 17.8 Å². The van der Waals surface area contributed by atoms with Crippen molar-refractivity contribution >= 4 is 23.3 Å². The Morgan fingerprint density at radius 1 is 1.05 bits per heavy atom. The molecule has 0 bridgehead atoms. The zero-order chi connectivity index (χ0) is 29.1. The van der Waals surface area contributed by atoms with E-state index >= 15 is 0 Å². The molecule has 5 aromatic rings. The first-order chi connectivity index (χ1) is 19.6. The zero-order valence-electron chi connectivity index (χ0n) is 20.8. The van der Waals surface area contributed by atoms with Crippen LogP contribution < -0.4 is 11.0 Å². The van der Waals surface area contributed by atoms with Crippen LogP contribution in [0.25, 0.3) is 17.1 Å². The van der Waals surface area contributed by atoms with Crippen LogP contribution in [0.5, 0.6) is 0 Å². The number of aromatic nitrogens is 8. The molecule has 0 saturated heterocycles. The summed E-state index contributed by atoms with van der Waals surface area (Å²) in [5.41, 5.74) is 0.00183. The number of para-hydroxylation sites is 1. The molecule has 41 heavy (non-hydrogen) atoms. The molecule has 0 unspecified atom stereocenters. The molecule has 1 amide bonds. The molecule has 0 aliphatic rings. The topological polar surface area (TPSA) is 146 Å². The Balaban J connectivity index is 1.45. The highest BCUT2D eigenvalue weighted by atomic mass is 35.5. The second kappa shape index (κ2) is 11.3. The lowest BCUT2D eigenvalue weighted by Crippen LogP contribution is -2.37. The first-order valence-corrected chi connectivity index (χ1v) is 12.2. The molecule has 0 radical (unpaired) electrons. The van der Waals surface area contributed by atoms with Gasteiger partial charge in [-0.1, -0.05) is 23.7 Å². The SMILES string of the molecule is O=C(Nc1ccncn1)c1ccccc1-n1cnc(Cn2nc(-c3ccc(Cl)cc3)n(C[C@H](O)C(F)(F)F)c2=O)n1. The quantitative estimate of drug-likeness (QED) is 0.283. The van der Waals surface area contributed by atoms with E-state index in [1.54, 1.807) is 24.3 Å². The van der Waals surface area contributed by atoms with E-state index < -0.39 is 30.4 Å². The Hall–Kier alpha value is -4.89. The maximum atomic E-state index is 13.1. The summed E-state index contributed by atoms with van der Waals surface area (Å²) in [5, 5.41) is 21.2. The van der Waals surface area contributed by atoms with E-state index in [0.29, 0.717) is 22.1 Å². The van der Waals surface area contributed by atoms with Crippen LogP contribution in [-0.4, -0.2) is 62.4 Å². The Morgan fingerprint density at radius 3 is 2.51 bits per heavy atom. The average Bonchev–Trinajstić information content (AvgIpc) is 3.54. The number of halogens is 4. The van der Waals surface area contributed by atoms with Crippen molar-refractivity contribution in [3.63, 3.8) is 0 Å². The third-order valence-corrected chi connectivity index (χ3v) is 6.06. The van der Waals surface area contributed by atoms with Gasteiger partial charge in [0.15, 0.2) is 17.8 Å². The van der Waals surface area contributed by atoms with Crippen LogP contribution in [0.3, 0.4) is 0 Å². The second-order valence-corrected chi connectivity index (χ2v) is 9.05. The minimum absolute atomic E-state index is 0.0850. The van der Waals surface area contributed by atoms with E-state index in [4.69, 9.17) is 11.6 Å². The minimum Gasteiger partial charge on any atom is -0.382 e. The van der Waals surface area contributed by atoms with E-state index in [-0.39, 0.29) is 23.8 Å². The largest absolute Gasteiger partial charge is 0.416 e. The molecular weight excluding hydrogens is 567 g/mol. The molecule has 3 aromatic heterocycles. The summed E-state index contributed by atoms with van der Waals surface area (Å²) in [6, 6.07) is 14.0. The van der Waals surface area contributed by atoms with Crippen molar-refractivity contribution in [1.29, 1.82) is 0 Å². The van der Waals surface area contributed by atoms with Gasteiger partial charge in [0, 0.05) is 16.8 Å². The van der Waals surface area contributed by atoms with Crippen LogP contribution in [0.2, 0.25) is 5.02 Å². The van der Waals surface area contributed by atoms with Gasteiger partial charge >= 0.3 is 11.9 Å². The zero-order valence-corrected chi connectivity index (χ0v) is 21.5. The van der Waals surface area contributed by atoms with Crippen molar-refractivity contribution in [2.24, 2.45) is 0 Å². The molecule has 210 valence electrons. The summed E-state index contributed by atoms with van der Waals surface area (Å²) in [7, 11) is 0. The number of hydrogen-bond acceptors (Lipinski definition) is 8. The third-order valence-electron chi connectivity index (χ3n) is 5.81. The Bertz CT molecular complexity index is 1740. The van der Waals surface area contributed by atoms with Crippen LogP contribution in [0, 0.1) is 0 Å². The van der Waals surface area contributed by atoms with Crippen LogP contribution in [0.4, 0.5) is 19.0 Å². The molecule has 1 atom stereocenters. The number of amides is 1. The van der Waals surface area contributed by atoms with Crippen molar-refractivity contribution < 1.29 is 23.1 Å². The molecule has 12 nitrogen and oxygen atoms in total. The van der Waals surface area contributed by atoms with Gasteiger partial charge in [0.25, 0.3) is 5.91 Å². The summed E-state index contributed by atoms with van der Waals surface area (Å²) < 4.78 is 42.3. The third kappa shape index (κ3) is 6.15. The van der Waals surface area contributed by atoms with Crippen LogP contribution in [0.1, 0.15) is 16.2 Å². The summed E-state index contributed by atoms with van der Waals surface area (Å²) in [6.45, 7) is -1.38. The molecule has 0 spiro atoms. The monoisotopic (exact) mass is 585 g/mol. The number of rotatable bonds is 8. The fraction of sp³-hybridized carbons (Fsp3) is 0.160. The number of hydrogen-bond donors (Lipinski definition) is 2. The molecule has 2 N–H and O–H groups in total. The molecule has 0 saturated carbocycles. The van der Waals surface area contributed by atoms with Crippen LogP contribution in [-0.2, 0) is 13.1 Å². The van der Waals surface area contributed by atoms with E-state index in [1.807, 2.05) is 0 Å². The van der Waals surface area contributed by atoms with Gasteiger partial charge in [0.2, 0.25) is 0 Å². The standard InChI is InChI=1S/C25H19ClF3N9O3/c26-16-7-5-15(6-8-16)22-35-37(24(41)36(22)11-19(39)25(27,28)29)12-21-32-14-38(34-21)18-4-2-1-3-17(18)23(40)33-20-9-10-30-13-31-20/h1-10,13-14,19,39H,11-12H2,(H,30,31,33,40)/t19-/m0/s1. The predicted molar refractivity (Wildman–Crippen MR) is 139 cm³/mol. The highest BCUT2D eigenvalue weighted by molar-refractivity contribution is 6.30. The number of aliphatic hydroxyl groups is 1. The molecule has 16 heteroatoms. The maximum absolute atomic E-state index is 13.1. The number of aliphatic hydroxyl groups excluding tert-OH is 1.